The van der Waals surface area contributed by atoms with Crippen molar-refractivity contribution in [3.05, 3.63) is 11.6 Å². The zero-order valence-electron chi connectivity index (χ0n) is 32.8. The molecule has 0 amide bonds. The number of carbonyl (C=O) groups is 1. The van der Waals surface area contributed by atoms with Crippen LogP contribution in [0.4, 0.5) is 0 Å². The SMILES string of the molecule is CC.CCN=CNC(C)CCC(=O)OC(C)C/C(C)=C/CC1C(C(C)CC)CCC(C)(C(C)C(C)CCCCC(C)C)C1CC. The number of hydrogen-bond donors (Lipinski definition) is 1. The van der Waals surface area contributed by atoms with E-state index in [1.165, 1.54) is 56.9 Å². The van der Waals surface area contributed by atoms with Crippen LogP contribution in [0, 0.1) is 46.8 Å². The van der Waals surface area contributed by atoms with Gasteiger partial charge in [0.1, 0.15) is 6.10 Å². The Kier molecular flexibility index (Phi) is 23.2. The van der Waals surface area contributed by atoms with Crippen molar-refractivity contribution in [1.82, 2.24) is 5.32 Å². The van der Waals surface area contributed by atoms with Gasteiger partial charge in [-0.25, -0.2) is 0 Å². The number of hydrogen-bond acceptors (Lipinski definition) is 3. The molecule has 1 fully saturated rings. The number of carbonyl (C=O) groups excluding carboxylic acids is 1. The maximum absolute atomic E-state index is 12.5. The second kappa shape index (κ2) is 23.9. The first-order chi connectivity index (χ1) is 21.3. The van der Waals surface area contributed by atoms with Gasteiger partial charge in [-0.15, -0.1) is 0 Å². The normalized spacial score (nSPS) is 25.7. The maximum Gasteiger partial charge on any atom is 0.306 e. The minimum absolute atomic E-state index is 0.0887. The second-order valence-electron chi connectivity index (χ2n) is 15.2. The third kappa shape index (κ3) is 15.9. The van der Waals surface area contributed by atoms with Gasteiger partial charge in [-0.2, -0.15) is 0 Å². The fourth-order valence-electron chi connectivity index (χ4n) is 8.15. The summed E-state index contributed by atoms with van der Waals surface area (Å²) in [7, 11) is 0. The highest BCUT2D eigenvalue weighted by Gasteiger charge is 2.49. The van der Waals surface area contributed by atoms with Crippen LogP contribution in [0.15, 0.2) is 16.6 Å². The van der Waals surface area contributed by atoms with Crippen molar-refractivity contribution >= 4 is 12.3 Å². The standard InChI is InChI=1S/C39H74N2O2.C2H6/c1-13-30(7)35-24-25-39(12,34(11)31(8)19-17-16-18-28(4)5)37(14-2)36(35)22-20-29(6)26-33(10)43-38(42)23-21-32(9)41-27-40-15-3;1-2/h20,27-28,30-37H,13-19,21-26H2,1-12H3,(H,40,41);1-2H3/b29-20+;. The molecule has 0 aromatic heterocycles. The van der Waals surface area contributed by atoms with Crippen molar-refractivity contribution in [3.63, 3.8) is 0 Å². The van der Waals surface area contributed by atoms with Crippen LogP contribution in [0.1, 0.15) is 174 Å². The number of rotatable bonds is 21. The van der Waals surface area contributed by atoms with Crippen molar-refractivity contribution in [3.8, 4) is 0 Å². The Labute approximate surface area is 282 Å². The Morgan fingerprint density at radius 3 is 2.22 bits per heavy atom. The van der Waals surface area contributed by atoms with Crippen molar-refractivity contribution < 1.29 is 9.53 Å². The van der Waals surface area contributed by atoms with E-state index in [4.69, 9.17) is 4.74 Å². The molecule has 0 heterocycles. The number of ether oxygens (including phenoxy) is 1. The first-order valence-electron chi connectivity index (χ1n) is 19.4. The summed E-state index contributed by atoms with van der Waals surface area (Å²) in [6, 6.07) is 0.210. The summed E-state index contributed by atoms with van der Waals surface area (Å²) < 4.78 is 5.81. The highest BCUT2D eigenvalue weighted by atomic mass is 16.5. The Morgan fingerprint density at radius 2 is 1.64 bits per heavy atom. The highest BCUT2D eigenvalue weighted by Crippen LogP contribution is 2.57. The number of aliphatic imine (C=N–C) groups is 1. The van der Waals surface area contributed by atoms with Gasteiger partial charge >= 0.3 is 5.97 Å². The van der Waals surface area contributed by atoms with Crippen molar-refractivity contribution in [1.29, 1.82) is 0 Å². The van der Waals surface area contributed by atoms with Gasteiger partial charge in [0.05, 0.1) is 6.34 Å². The molecule has 1 saturated carbocycles. The van der Waals surface area contributed by atoms with E-state index in [1.807, 2.05) is 27.7 Å². The molecule has 4 nitrogen and oxygen atoms in total. The zero-order valence-corrected chi connectivity index (χ0v) is 32.8. The second-order valence-corrected chi connectivity index (χ2v) is 15.2. The van der Waals surface area contributed by atoms with Crippen LogP contribution < -0.4 is 5.32 Å². The first kappa shape index (κ1) is 43.7. The summed E-state index contributed by atoms with van der Waals surface area (Å²) in [6.45, 7) is 33.0. The number of allylic oxidation sites excluding steroid dienone is 1. The molecule has 1 rings (SSSR count). The van der Waals surface area contributed by atoms with Gasteiger partial charge in [-0.3, -0.25) is 9.79 Å². The predicted molar refractivity (Wildman–Crippen MR) is 200 cm³/mol. The van der Waals surface area contributed by atoms with Gasteiger partial charge in [0.25, 0.3) is 0 Å². The van der Waals surface area contributed by atoms with Crippen molar-refractivity contribution in [2.45, 2.75) is 186 Å². The van der Waals surface area contributed by atoms with Crippen molar-refractivity contribution in [2.75, 3.05) is 6.54 Å². The Balaban J connectivity index is 0.00000947. The molecule has 0 radical (unpaired) electrons. The van der Waals surface area contributed by atoms with Crippen LogP contribution in [0.2, 0.25) is 0 Å². The van der Waals surface area contributed by atoms with Gasteiger partial charge in [0.15, 0.2) is 0 Å². The Hall–Kier alpha value is -1.32. The van der Waals surface area contributed by atoms with Crippen LogP contribution in [0.5, 0.6) is 0 Å². The molecule has 4 heteroatoms. The van der Waals surface area contributed by atoms with E-state index in [-0.39, 0.29) is 18.1 Å². The van der Waals surface area contributed by atoms with E-state index in [0.717, 1.165) is 67.2 Å². The molecule has 0 aromatic rings. The predicted octanol–water partition coefficient (Wildman–Crippen LogP) is 12.1. The Morgan fingerprint density at radius 1 is 1.00 bits per heavy atom. The summed E-state index contributed by atoms with van der Waals surface area (Å²) in [5.41, 5.74) is 1.77. The molecule has 0 aliphatic heterocycles. The Bertz CT molecular complexity index is 820. The first-order valence-corrected chi connectivity index (χ1v) is 19.4. The minimum Gasteiger partial charge on any atom is -0.462 e. The molecular formula is C41H80N2O2. The van der Waals surface area contributed by atoms with Crippen LogP contribution in [0.3, 0.4) is 0 Å². The van der Waals surface area contributed by atoms with E-state index < -0.39 is 0 Å². The molecule has 0 spiro atoms. The molecule has 45 heavy (non-hydrogen) atoms. The van der Waals surface area contributed by atoms with Crippen LogP contribution in [-0.2, 0) is 9.53 Å². The summed E-state index contributed by atoms with van der Waals surface area (Å²) in [5, 5.41) is 3.22. The number of esters is 1. The molecule has 1 N–H and O–H groups in total. The van der Waals surface area contributed by atoms with Gasteiger partial charge in [-0.1, -0.05) is 119 Å². The highest BCUT2D eigenvalue weighted by molar-refractivity contribution is 5.69. The monoisotopic (exact) mass is 633 g/mol. The van der Waals surface area contributed by atoms with Crippen LogP contribution in [-0.4, -0.2) is 31.0 Å². The fraction of sp³-hybridized carbons (Fsp3) is 0.902. The van der Waals surface area contributed by atoms with Gasteiger partial charge < -0.3 is 10.1 Å². The largest absolute Gasteiger partial charge is 0.462 e. The van der Waals surface area contributed by atoms with Crippen LogP contribution >= 0.6 is 0 Å². The summed E-state index contributed by atoms with van der Waals surface area (Å²) >= 11 is 0. The summed E-state index contributed by atoms with van der Waals surface area (Å²) in [4.78, 5) is 16.7. The molecule has 9 unspecified atom stereocenters. The topological polar surface area (TPSA) is 50.7 Å². The molecule has 0 aromatic carbocycles. The molecule has 0 saturated heterocycles. The summed E-state index contributed by atoms with van der Waals surface area (Å²) in [6.07, 6.45) is 18.1. The van der Waals surface area contributed by atoms with Gasteiger partial charge in [0.2, 0.25) is 0 Å². The maximum atomic E-state index is 12.5. The summed E-state index contributed by atoms with van der Waals surface area (Å²) in [5.74, 6) is 5.30. The lowest BCUT2D eigenvalue weighted by Crippen LogP contribution is -2.47. The number of nitrogens with zero attached hydrogens (tertiary/aromatic N) is 1. The smallest absolute Gasteiger partial charge is 0.306 e. The number of unbranched alkanes of at least 4 members (excludes halogenated alkanes) is 1. The average molecular weight is 633 g/mol. The van der Waals surface area contributed by atoms with E-state index in [2.05, 4.69) is 85.6 Å². The van der Waals surface area contributed by atoms with Crippen LogP contribution in [0.25, 0.3) is 0 Å². The van der Waals surface area contributed by atoms with E-state index in [1.54, 1.807) is 6.34 Å². The third-order valence-electron chi connectivity index (χ3n) is 11.4. The number of nitrogens with one attached hydrogen (secondary N) is 1. The molecule has 1 aliphatic rings. The third-order valence-corrected chi connectivity index (χ3v) is 11.4. The van der Waals surface area contributed by atoms with E-state index in [9.17, 15) is 4.79 Å². The molecule has 1 aliphatic carbocycles. The zero-order chi connectivity index (χ0) is 34.6. The fourth-order valence-corrected chi connectivity index (χ4v) is 8.15. The molecular weight excluding hydrogens is 552 g/mol. The molecule has 266 valence electrons. The molecule has 0 bridgehead atoms. The van der Waals surface area contributed by atoms with Gasteiger partial charge in [0, 0.05) is 25.4 Å². The van der Waals surface area contributed by atoms with E-state index in [0.29, 0.717) is 11.8 Å². The van der Waals surface area contributed by atoms with Crippen molar-refractivity contribution in [2.24, 2.45) is 51.8 Å². The molecule has 9 atom stereocenters. The average Bonchev–Trinajstić information content (AvgIpc) is 3.01. The van der Waals surface area contributed by atoms with E-state index >= 15 is 0 Å². The lowest BCUT2D eigenvalue weighted by Gasteiger charge is -2.55. The lowest BCUT2D eigenvalue weighted by atomic mass is 9.50. The lowest BCUT2D eigenvalue weighted by molar-refractivity contribution is -0.148. The minimum atomic E-state index is -0.0976. The van der Waals surface area contributed by atoms with Gasteiger partial charge in [-0.05, 0) is 100 Å². The quantitative estimate of drug-likeness (QED) is 0.0450.